The number of rotatable bonds is 5. The SMILES string of the molecule is c1ccc(-c2nc(-c3ccccc3)nc(-n3c4ccccc4c4ccc(-c5ccc6c(c5)c5cccnc5n6-c5ccccc5)cc43)n2)cc1. The normalized spacial score (nSPS) is 11.6. The Labute approximate surface area is 287 Å². The van der Waals surface area contributed by atoms with Gasteiger partial charge in [-0.3, -0.25) is 9.13 Å². The molecule has 6 nitrogen and oxygen atoms in total. The lowest BCUT2D eigenvalue weighted by molar-refractivity contribution is 0.953. The third-order valence-electron chi connectivity index (χ3n) is 9.44. The minimum atomic E-state index is 0.577. The topological polar surface area (TPSA) is 61.4 Å². The van der Waals surface area contributed by atoms with Crippen molar-refractivity contribution in [1.29, 1.82) is 0 Å². The smallest absolute Gasteiger partial charge is 0.238 e. The highest BCUT2D eigenvalue weighted by Crippen LogP contribution is 2.37. The van der Waals surface area contributed by atoms with E-state index in [9.17, 15) is 0 Å². The summed E-state index contributed by atoms with van der Waals surface area (Å²) in [6, 6.07) is 56.7. The summed E-state index contributed by atoms with van der Waals surface area (Å²) in [7, 11) is 0. The van der Waals surface area contributed by atoms with Gasteiger partial charge >= 0.3 is 0 Å². The maximum absolute atomic E-state index is 5.11. The van der Waals surface area contributed by atoms with Crippen molar-refractivity contribution in [2.45, 2.75) is 0 Å². The molecule has 0 saturated heterocycles. The summed E-state index contributed by atoms with van der Waals surface area (Å²) in [4.78, 5) is 20.0. The van der Waals surface area contributed by atoms with Crippen molar-refractivity contribution in [2.24, 2.45) is 0 Å². The van der Waals surface area contributed by atoms with Gasteiger partial charge in [-0.05, 0) is 59.7 Å². The van der Waals surface area contributed by atoms with Gasteiger partial charge in [-0.2, -0.15) is 9.97 Å². The number of pyridine rings is 1. The van der Waals surface area contributed by atoms with E-state index in [1.807, 2.05) is 79.0 Å². The molecule has 0 N–H and O–H groups in total. The van der Waals surface area contributed by atoms with Crippen molar-refractivity contribution in [1.82, 2.24) is 29.1 Å². The maximum atomic E-state index is 5.11. The molecule has 0 aliphatic rings. The Hall–Kier alpha value is -6.92. The Morgan fingerprint density at radius 3 is 1.68 bits per heavy atom. The van der Waals surface area contributed by atoms with Crippen molar-refractivity contribution < 1.29 is 0 Å². The van der Waals surface area contributed by atoms with Gasteiger partial charge in [0.2, 0.25) is 5.95 Å². The molecule has 0 amide bonds. The molecule has 6 heteroatoms. The highest BCUT2D eigenvalue weighted by atomic mass is 15.2. The van der Waals surface area contributed by atoms with E-state index in [0.29, 0.717) is 17.6 Å². The van der Waals surface area contributed by atoms with Gasteiger partial charge in [0.1, 0.15) is 5.65 Å². The molecule has 0 aliphatic carbocycles. The molecule has 4 aromatic heterocycles. The molecule has 6 aromatic carbocycles. The van der Waals surface area contributed by atoms with Crippen molar-refractivity contribution in [3.63, 3.8) is 0 Å². The van der Waals surface area contributed by atoms with Crippen LogP contribution in [0.15, 0.2) is 170 Å². The van der Waals surface area contributed by atoms with Crippen LogP contribution < -0.4 is 0 Å². The molecule has 0 bridgehead atoms. The second-order valence-electron chi connectivity index (χ2n) is 12.4. The fourth-order valence-electron chi connectivity index (χ4n) is 7.13. The Morgan fingerprint density at radius 2 is 0.940 bits per heavy atom. The van der Waals surface area contributed by atoms with Crippen molar-refractivity contribution in [2.75, 3.05) is 0 Å². The van der Waals surface area contributed by atoms with E-state index < -0.39 is 0 Å². The number of nitrogens with zero attached hydrogens (tertiary/aromatic N) is 6. The van der Waals surface area contributed by atoms with E-state index in [4.69, 9.17) is 19.9 Å². The van der Waals surface area contributed by atoms with Gasteiger partial charge in [0.05, 0.1) is 16.6 Å². The summed E-state index contributed by atoms with van der Waals surface area (Å²) in [6.45, 7) is 0. The van der Waals surface area contributed by atoms with Gasteiger partial charge in [-0.1, -0.05) is 115 Å². The molecule has 0 fully saturated rings. The van der Waals surface area contributed by atoms with Gasteiger partial charge in [-0.25, -0.2) is 9.97 Å². The van der Waals surface area contributed by atoms with E-state index in [0.717, 1.165) is 71.7 Å². The summed E-state index contributed by atoms with van der Waals surface area (Å²) >= 11 is 0. The molecule has 4 heterocycles. The molecule has 50 heavy (non-hydrogen) atoms. The first-order valence-electron chi connectivity index (χ1n) is 16.7. The predicted octanol–water partition coefficient (Wildman–Crippen LogP) is 10.5. The first-order valence-corrected chi connectivity index (χ1v) is 16.7. The average Bonchev–Trinajstić information content (AvgIpc) is 3.71. The molecule has 0 aliphatic heterocycles. The molecule has 234 valence electrons. The lowest BCUT2D eigenvalue weighted by atomic mass is 10.0. The first kappa shape index (κ1) is 28.1. The van der Waals surface area contributed by atoms with Crippen LogP contribution in [0, 0.1) is 0 Å². The maximum Gasteiger partial charge on any atom is 0.238 e. The Balaban J connectivity index is 1.20. The molecular formula is C44H28N6. The zero-order chi connectivity index (χ0) is 33.0. The molecule has 0 saturated carbocycles. The Kier molecular flexibility index (Phi) is 6.39. The third-order valence-corrected chi connectivity index (χ3v) is 9.44. The van der Waals surface area contributed by atoms with Crippen LogP contribution in [0.1, 0.15) is 0 Å². The summed E-state index contributed by atoms with van der Waals surface area (Å²) in [5.74, 6) is 1.84. The van der Waals surface area contributed by atoms with Gasteiger partial charge in [0.15, 0.2) is 11.6 Å². The first-order chi connectivity index (χ1) is 24.8. The van der Waals surface area contributed by atoms with Crippen LogP contribution in [0.3, 0.4) is 0 Å². The predicted molar refractivity (Wildman–Crippen MR) is 203 cm³/mol. The van der Waals surface area contributed by atoms with Crippen LogP contribution in [0.2, 0.25) is 0 Å². The molecule has 10 aromatic rings. The summed E-state index contributed by atoms with van der Waals surface area (Å²) in [5.41, 5.74) is 9.33. The summed E-state index contributed by atoms with van der Waals surface area (Å²) in [5, 5.41) is 4.56. The number of para-hydroxylation sites is 2. The largest absolute Gasteiger partial charge is 0.294 e. The van der Waals surface area contributed by atoms with Crippen molar-refractivity contribution in [3.05, 3.63) is 170 Å². The van der Waals surface area contributed by atoms with E-state index in [2.05, 4.69) is 100 Å². The molecule has 0 spiro atoms. The van der Waals surface area contributed by atoms with Crippen LogP contribution in [-0.2, 0) is 0 Å². The standard InChI is InChI=1S/C44H28N6/c1-4-13-29(14-5-1)41-46-42(30-15-6-2-7-16-30)48-44(47-41)50-38-21-11-10-19-34(38)35-24-22-32(28-40(35)50)31-23-25-39-37(27-31)36-20-12-26-45-43(36)49(39)33-17-8-3-9-18-33/h1-28H. The lowest BCUT2D eigenvalue weighted by Gasteiger charge is -2.11. The fourth-order valence-corrected chi connectivity index (χ4v) is 7.13. The van der Waals surface area contributed by atoms with Gasteiger partial charge in [0.25, 0.3) is 0 Å². The second kappa shape index (κ2) is 11.4. The van der Waals surface area contributed by atoms with Crippen molar-refractivity contribution >= 4 is 43.7 Å². The molecule has 0 radical (unpaired) electrons. The zero-order valence-electron chi connectivity index (χ0n) is 26.8. The van der Waals surface area contributed by atoms with Gasteiger partial charge in [0, 0.05) is 44.6 Å². The lowest BCUT2D eigenvalue weighted by Crippen LogP contribution is -2.06. The minimum Gasteiger partial charge on any atom is -0.294 e. The third kappa shape index (κ3) is 4.50. The highest BCUT2D eigenvalue weighted by molar-refractivity contribution is 6.11. The van der Waals surface area contributed by atoms with Crippen LogP contribution in [-0.4, -0.2) is 29.1 Å². The van der Waals surface area contributed by atoms with Crippen LogP contribution in [0.25, 0.3) is 89.3 Å². The number of fused-ring (bicyclic) bond motifs is 6. The van der Waals surface area contributed by atoms with E-state index in [1.54, 1.807) is 0 Å². The molecule has 0 unspecified atom stereocenters. The van der Waals surface area contributed by atoms with E-state index in [-0.39, 0.29) is 0 Å². The summed E-state index contributed by atoms with van der Waals surface area (Å²) in [6.07, 6.45) is 1.86. The molecular weight excluding hydrogens is 613 g/mol. The highest BCUT2D eigenvalue weighted by Gasteiger charge is 2.19. The van der Waals surface area contributed by atoms with Crippen molar-refractivity contribution in [3.8, 4) is 45.5 Å². The minimum absolute atomic E-state index is 0.577. The molecule has 10 rings (SSSR count). The number of hydrogen-bond acceptors (Lipinski definition) is 4. The number of aromatic nitrogens is 6. The van der Waals surface area contributed by atoms with E-state index in [1.165, 1.54) is 0 Å². The van der Waals surface area contributed by atoms with Gasteiger partial charge < -0.3 is 0 Å². The number of hydrogen-bond donors (Lipinski definition) is 0. The Bertz CT molecular complexity index is 2800. The summed E-state index contributed by atoms with van der Waals surface area (Å²) < 4.78 is 4.42. The van der Waals surface area contributed by atoms with Crippen LogP contribution in [0.5, 0.6) is 0 Å². The second-order valence-corrected chi connectivity index (χ2v) is 12.4. The molecule has 0 atom stereocenters. The zero-order valence-corrected chi connectivity index (χ0v) is 26.8. The average molecular weight is 641 g/mol. The van der Waals surface area contributed by atoms with Gasteiger partial charge in [-0.15, -0.1) is 0 Å². The van der Waals surface area contributed by atoms with Crippen LogP contribution in [0.4, 0.5) is 0 Å². The monoisotopic (exact) mass is 640 g/mol. The quantitative estimate of drug-likeness (QED) is 0.188. The number of benzene rings is 6. The Morgan fingerprint density at radius 1 is 0.360 bits per heavy atom. The fraction of sp³-hybridized carbons (Fsp3) is 0. The van der Waals surface area contributed by atoms with E-state index >= 15 is 0 Å². The van der Waals surface area contributed by atoms with Crippen LogP contribution >= 0.6 is 0 Å².